The Morgan fingerprint density at radius 2 is 2.35 bits per heavy atom. The van der Waals surface area contributed by atoms with Crippen LogP contribution in [0.1, 0.15) is 25.7 Å². The lowest BCUT2D eigenvalue weighted by molar-refractivity contribution is -0.385. The molecule has 2 N–H and O–H groups in total. The maximum Gasteiger partial charge on any atom is 0.372 e. The first-order valence-corrected chi connectivity index (χ1v) is 6.57. The summed E-state index contributed by atoms with van der Waals surface area (Å²) in [6.45, 7) is 0.540. The number of nitrogens with zero attached hydrogens (tertiary/aromatic N) is 3. The van der Waals surface area contributed by atoms with Gasteiger partial charge in [0.15, 0.2) is 0 Å². The second-order valence-electron chi connectivity index (χ2n) is 4.90. The standard InChI is InChI=1S/C12H18N4O4/c1-20-12-10(16(18)19)11(14-7-15-12)13-6-8-3-2-4-9(17)5-8/h7-9,17H,2-6H2,1H3,(H,13,14,15). The van der Waals surface area contributed by atoms with E-state index in [1.165, 1.54) is 13.4 Å². The SMILES string of the molecule is COc1ncnc(NCC2CCCC(O)C2)c1[N+](=O)[O-]. The molecular weight excluding hydrogens is 264 g/mol. The van der Waals surface area contributed by atoms with Crippen LogP contribution in [-0.2, 0) is 0 Å². The van der Waals surface area contributed by atoms with Crippen LogP contribution in [0.15, 0.2) is 6.33 Å². The number of aliphatic hydroxyl groups is 1. The molecule has 8 heteroatoms. The Kier molecular flexibility index (Phi) is 4.67. The van der Waals surface area contributed by atoms with Crippen molar-refractivity contribution in [1.29, 1.82) is 0 Å². The summed E-state index contributed by atoms with van der Waals surface area (Å²) in [4.78, 5) is 18.1. The van der Waals surface area contributed by atoms with Gasteiger partial charge in [-0.25, -0.2) is 4.98 Å². The van der Waals surface area contributed by atoms with Gasteiger partial charge in [-0.05, 0) is 25.2 Å². The number of nitrogens with one attached hydrogen (secondary N) is 1. The summed E-state index contributed by atoms with van der Waals surface area (Å²) >= 11 is 0. The number of methoxy groups -OCH3 is 1. The van der Waals surface area contributed by atoms with E-state index in [2.05, 4.69) is 15.3 Å². The van der Waals surface area contributed by atoms with Crippen molar-refractivity contribution in [2.75, 3.05) is 19.0 Å². The average molecular weight is 282 g/mol. The number of ether oxygens (including phenoxy) is 1. The number of anilines is 1. The lowest BCUT2D eigenvalue weighted by Gasteiger charge is -2.25. The molecule has 1 aliphatic rings. The zero-order valence-corrected chi connectivity index (χ0v) is 11.3. The highest BCUT2D eigenvalue weighted by atomic mass is 16.6. The van der Waals surface area contributed by atoms with Gasteiger partial charge in [0, 0.05) is 6.54 Å². The van der Waals surface area contributed by atoms with E-state index < -0.39 is 4.92 Å². The molecule has 1 aromatic heterocycles. The van der Waals surface area contributed by atoms with E-state index >= 15 is 0 Å². The van der Waals surface area contributed by atoms with Gasteiger partial charge < -0.3 is 15.2 Å². The van der Waals surface area contributed by atoms with Crippen molar-refractivity contribution >= 4 is 11.5 Å². The molecular formula is C12H18N4O4. The van der Waals surface area contributed by atoms with E-state index in [9.17, 15) is 15.2 Å². The molecule has 0 aromatic carbocycles. The minimum Gasteiger partial charge on any atom is -0.476 e. The molecule has 1 aliphatic carbocycles. The topological polar surface area (TPSA) is 110 Å². The third-order valence-electron chi connectivity index (χ3n) is 3.48. The summed E-state index contributed by atoms with van der Waals surface area (Å²) in [6.07, 6.45) is 4.47. The minimum atomic E-state index is -0.559. The maximum absolute atomic E-state index is 11.1. The average Bonchev–Trinajstić information content (AvgIpc) is 2.44. The molecule has 0 bridgehead atoms. The summed E-state index contributed by atoms with van der Waals surface area (Å²) in [5, 5.41) is 23.7. The zero-order chi connectivity index (χ0) is 14.5. The molecule has 1 saturated carbocycles. The van der Waals surface area contributed by atoms with Crippen molar-refractivity contribution in [2.45, 2.75) is 31.8 Å². The number of hydrogen-bond acceptors (Lipinski definition) is 7. The quantitative estimate of drug-likeness (QED) is 0.619. The van der Waals surface area contributed by atoms with E-state index in [1.54, 1.807) is 0 Å². The van der Waals surface area contributed by atoms with E-state index in [-0.39, 0.29) is 23.5 Å². The predicted molar refractivity (Wildman–Crippen MR) is 71.7 cm³/mol. The first-order valence-electron chi connectivity index (χ1n) is 6.57. The van der Waals surface area contributed by atoms with E-state index in [0.29, 0.717) is 18.9 Å². The first kappa shape index (κ1) is 14.4. The second-order valence-corrected chi connectivity index (χ2v) is 4.90. The van der Waals surface area contributed by atoms with Crippen molar-refractivity contribution in [3.8, 4) is 5.88 Å². The number of aromatic nitrogens is 2. The molecule has 2 unspecified atom stereocenters. The molecule has 1 aromatic rings. The fraction of sp³-hybridized carbons (Fsp3) is 0.667. The van der Waals surface area contributed by atoms with Gasteiger partial charge in [0.05, 0.1) is 18.1 Å². The van der Waals surface area contributed by atoms with Crippen LogP contribution in [0.3, 0.4) is 0 Å². The van der Waals surface area contributed by atoms with Crippen molar-refractivity contribution < 1.29 is 14.8 Å². The van der Waals surface area contributed by atoms with Crippen LogP contribution in [0.25, 0.3) is 0 Å². The lowest BCUT2D eigenvalue weighted by atomic mass is 9.87. The smallest absolute Gasteiger partial charge is 0.372 e. The Morgan fingerprint density at radius 1 is 1.55 bits per heavy atom. The molecule has 1 fully saturated rings. The van der Waals surface area contributed by atoms with Crippen LogP contribution >= 0.6 is 0 Å². The Bertz CT molecular complexity index is 483. The van der Waals surface area contributed by atoms with Crippen LogP contribution in [0, 0.1) is 16.0 Å². The normalized spacial score (nSPS) is 22.3. The van der Waals surface area contributed by atoms with Crippen LogP contribution in [0.5, 0.6) is 5.88 Å². The van der Waals surface area contributed by atoms with Crippen LogP contribution in [0.2, 0.25) is 0 Å². The van der Waals surface area contributed by atoms with Gasteiger partial charge in [0.25, 0.3) is 5.88 Å². The van der Waals surface area contributed by atoms with Crippen LogP contribution < -0.4 is 10.1 Å². The van der Waals surface area contributed by atoms with Crippen molar-refractivity contribution in [3.05, 3.63) is 16.4 Å². The summed E-state index contributed by atoms with van der Waals surface area (Å²) in [7, 11) is 1.33. The molecule has 0 amide bonds. The number of rotatable bonds is 5. The third-order valence-corrected chi connectivity index (χ3v) is 3.48. The van der Waals surface area contributed by atoms with Crippen LogP contribution in [0.4, 0.5) is 11.5 Å². The summed E-state index contributed by atoms with van der Waals surface area (Å²) in [5.41, 5.74) is -0.258. The van der Waals surface area contributed by atoms with E-state index in [1.807, 2.05) is 0 Å². The van der Waals surface area contributed by atoms with Crippen molar-refractivity contribution in [2.24, 2.45) is 5.92 Å². The van der Waals surface area contributed by atoms with Gasteiger partial charge in [-0.1, -0.05) is 6.42 Å². The van der Waals surface area contributed by atoms with Gasteiger partial charge in [0.2, 0.25) is 5.82 Å². The molecule has 2 atom stereocenters. The lowest BCUT2D eigenvalue weighted by Crippen LogP contribution is -2.25. The highest BCUT2D eigenvalue weighted by Crippen LogP contribution is 2.31. The molecule has 0 radical (unpaired) electrons. The third kappa shape index (κ3) is 3.32. The highest BCUT2D eigenvalue weighted by Gasteiger charge is 2.25. The Hall–Kier alpha value is -1.96. The Balaban J connectivity index is 2.07. The Morgan fingerprint density at radius 3 is 3.00 bits per heavy atom. The monoisotopic (exact) mass is 282 g/mol. The van der Waals surface area contributed by atoms with E-state index in [4.69, 9.17) is 4.74 Å². The van der Waals surface area contributed by atoms with Crippen LogP contribution in [-0.4, -0.2) is 39.8 Å². The molecule has 2 rings (SSSR count). The number of aliphatic hydroxyl groups excluding tert-OH is 1. The van der Waals surface area contributed by atoms with Crippen molar-refractivity contribution in [3.63, 3.8) is 0 Å². The highest BCUT2D eigenvalue weighted by molar-refractivity contribution is 5.61. The van der Waals surface area contributed by atoms with Gasteiger partial charge in [-0.15, -0.1) is 0 Å². The largest absolute Gasteiger partial charge is 0.476 e. The van der Waals surface area contributed by atoms with Gasteiger partial charge in [0.1, 0.15) is 6.33 Å². The molecule has 8 nitrogen and oxygen atoms in total. The Labute approximate surface area is 116 Å². The fourth-order valence-electron chi connectivity index (χ4n) is 2.49. The molecule has 1 heterocycles. The minimum absolute atomic E-state index is 0.0591. The maximum atomic E-state index is 11.1. The molecule has 0 saturated heterocycles. The second kappa shape index (κ2) is 6.47. The molecule has 0 spiro atoms. The predicted octanol–water partition coefficient (Wildman–Crippen LogP) is 1.36. The molecule has 0 aliphatic heterocycles. The fourth-order valence-corrected chi connectivity index (χ4v) is 2.49. The zero-order valence-electron chi connectivity index (χ0n) is 11.3. The summed E-state index contributed by atoms with van der Waals surface area (Å²) in [6, 6.07) is 0. The van der Waals surface area contributed by atoms with Crippen molar-refractivity contribution in [1.82, 2.24) is 9.97 Å². The molecule has 20 heavy (non-hydrogen) atoms. The van der Waals surface area contributed by atoms with Gasteiger partial charge in [-0.3, -0.25) is 10.1 Å². The number of hydrogen-bond donors (Lipinski definition) is 2. The summed E-state index contributed by atoms with van der Waals surface area (Å²) < 4.78 is 4.88. The van der Waals surface area contributed by atoms with Gasteiger partial charge >= 0.3 is 5.69 Å². The first-order chi connectivity index (χ1) is 9.61. The molecule has 110 valence electrons. The van der Waals surface area contributed by atoms with Gasteiger partial charge in [-0.2, -0.15) is 4.98 Å². The van der Waals surface area contributed by atoms with E-state index in [0.717, 1.165) is 19.3 Å². The number of nitro groups is 1. The summed E-state index contributed by atoms with van der Waals surface area (Å²) in [5.74, 6) is 0.386.